The van der Waals surface area contributed by atoms with E-state index in [-0.39, 0.29) is 207 Å². The summed E-state index contributed by atoms with van der Waals surface area (Å²) in [6, 6.07) is 15.5. The van der Waals surface area contributed by atoms with Crippen molar-refractivity contribution >= 4 is 29.1 Å². The van der Waals surface area contributed by atoms with Crippen molar-refractivity contribution in [1.82, 2.24) is 5.43 Å². The first-order valence-electron chi connectivity index (χ1n) is 7.40. The van der Waals surface area contributed by atoms with Gasteiger partial charge in [0, 0.05) is 13.0 Å². The molecule has 178 valence electrons. The molecular formula is C16H21BrK2N2Na2O11S. The fourth-order valence-electron chi connectivity index (χ4n) is 1.73. The van der Waals surface area contributed by atoms with E-state index < -0.39 is 17.5 Å². The number of carbonyl (C=O) groups is 2. The molecule has 2 aromatic carbocycles. The number of carbonyl (C=O) groups excluding carboxylic acids is 1. The number of phenolic OH excluding ortho intramolecular Hbond substituents is 2. The smallest absolute Gasteiger partial charge is 1.00 e. The average Bonchev–Trinajstić information content (AvgIpc) is 3.04. The third-order valence-electron chi connectivity index (χ3n) is 2.74. The van der Waals surface area contributed by atoms with Crippen LogP contribution in [0, 0.1) is 0 Å². The number of halogens is 1. The molecule has 0 aliphatic carbocycles. The van der Waals surface area contributed by atoms with Crippen molar-refractivity contribution in [2.45, 2.75) is 6.42 Å². The van der Waals surface area contributed by atoms with Crippen LogP contribution in [-0.4, -0.2) is 63.3 Å². The molecule has 0 saturated carbocycles. The van der Waals surface area contributed by atoms with Gasteiger partial charge in [0.1, 0.15) is 11.5 Å². The van der Waals surface area contributed by atoms with Crippen molar-refractivity contribution in [3.05, 3.63) is 54.6 Å². The Labute approximate surface area is 344 Å². The molecule has 1 aliphatic heterocycles. The molecule has 0 radical (unpaired) electrons. The summed E-state index contributed by atoms with van der Waals surface area (Å²) in [4.78, 5) is 19.4. The number of benzene rings is 2. The second-order valence-electron chi connectivity index (χ2n) is 4.78. The third-order valence-corrected chi connectivity index (χ3v) is 2.74. The molecule has 3 rings (SSSR count). The largest absolute Gasteiger partial charge is 1.00 e. The van der Waals surface area contributed by atoms with E-state index in [1.165, 1.54) is 24.3 Å². The van der Waals surface area contributed by atoms with Gasteiger partial charge >= 0.3 is 168 Å². The number of nitrogens with one attached hydrogen (secondary N) is 1. The molecule has 8 N–H and O–H groups in total. The molecule has 0 bridgehead atoms. The Kier molecular flexibility index (Phi) is 59.4. The topological polar surface area (TPSA) is 255 Å². The van der Waals surface area contributed by atoms with Gasteiger partial charge in [0.2, 0.25) is 5.91 Å². The summed E-state index contributed by atoms with van der Waals surface area (Å²) in [5, 5.41) is 33.1. The van der Waals surface area contributed by atoms with Crippen molar-refractivity contribution < 1.29 is 233 Å². The average molecular weight is 653 g/mol. The molecule has 2 aromatic rings. The Morgan fingerprint density at radius 3 is 1.49 bits per heavy atom. The van der Waals surface area contributed by atoms with Crippen LogP contribution in [0.25, 0.3) is 0 Å². The zero-order valence-electron chi connectivity index (χ0n) is 19.6. The minimum atomic E-state index is -3.11. The maximum atomic E-state index is 10.9. The number of para-hydroxylation sites is 1. The zero-order chi connectivity index (χ0) is 21.5. The van der Waals surface area contributed by atoms with Crippen molar-refractivity contribution in [3.8, 4) is 11.5 Å². The minimum absolute atomic E-state index is 0. The van der Waals surface area contributed by atoms with Crippen molar-refractivity contribution in [1.29, 1.82) is 0 Å². The molecule has 0 atom stereocenters. The number of nitrogens with zero attached hydrogens (tertiary/aromatic N) is 1. The molecule has 0 spiro atoms. The molecule has 1 aliphatic rings. The predicted molar refractivity (Wildman–Crippen MR) is 102 cm³/mol. The van der Waals surface area contributed by atoms with Gasteiger partial charge in [0.05, 0.1) is 5.69 Å². The molecule has 1 fully saturated rings. The Morgan fingerprint density at radius 2 is 1.23 bits per heavy atom. The number of rotatable bonds is 1. The first-order chi connectivity index (χ1) is 13.1. The van der Waals surface area contributed by atoms with Crippen LogP contribution < -0.4 is 189 Å². The quantitative estimate of drug-likeness (QED) is 0.110. The molecule has 1 amide bonds. The second kappa shape index (κ2) is 36.3. The minimum Gasteiger partial charge on any atom is -1.00 e. The van der Waals surface area contributed by atoms with Crippen LogP contribution in [0.4, 0.5) is 10.5 Å². The fraction of sp³-hybridized carbons (Fsp3) is 0.125. The van der Waals surface area contributed by atoms with E-state index in [1.807, 2.05) is 35.3 Å². The normalized spacial score (nSPS) is 9.34. The van der Waals surface area contributed by atoms with Crippen molar-refractivity contribution in [3.63, 3.8) is 0 Å². The van der Waals surface area contributed by atoms with E-state index in [0.29, 0.717) is 6.42 Å². The summed E-state index contributed by atoms with van der Waals surface area (Å²) in [6.07, 6.45) is -1.24. The molecular weight excluding hydrogens is 632 g/mol. The van der Waals surface area contributed by atoms with Crippen LogP contribution in [0.3, 0.4) is 0 Å². The van der Waals surface area contributed by atoms with Gasteiger partial charge in [-0.1, -0.05) is 18.2 Å². The van der Waals surface area contributed by atoms with Gasteiger partial charge in [-0.2, -0.15) is 0 Å². The van der Waals surface area contributed by atoms with Gasteiger partial charge in [-0.15, -0.1) is 11.4 Å². The Hall–Kier alpha value is 2.32. The van der Waals surface area contributed by atoms with Gasteiger partial charge < -0.3 is 57.5 Å². The maximum absolute atomic E-state index is 10.9. The molecule has 19 heteroatoms. The van der Waals surface area contributed by atoms with Crippen LogP contribution in [0.5, 0.6) is 11.5 Å². The van der Waals surface area contributed by atoms with E-state index in [2.05, 4.69) is 5.43 Å². The van der Waals surface area contributed by atoms with Gasteiger partial charge in [0.15, 0.2) is 0 Å². The van der Waals surface area contributed by atoms with Crippen LogP contribution in [0.2, 0.25) is 0 Å². The van der Waals surface area contributed by atoms with Gasteiger partial charge in [0.25, 0.3) is 0 Å². The SMILES string of the molecule is O.O=C(O)O.O=C1CCN(c2ccccc2)N1.O=S([O-])[O-].Oc1ccc(O)cc1.[Br-].[K+].[K+].[Na+].[Na+].[OH-]. The molecule has 13 nitrogen and oxygen atoms in total. The Balaban J connectivity index is -0.0000000475. The number of hydrogen-bond donors (Lipinski definition) is 5. The summed E-state index contributed by atoms with van der Waals surface area (Å²) in [5.41, 5.74) is 3.81. The van der Waals surface area contributed by atoms with Gasteiger partial charge in [-0.25, -0.2) is 4.79 Å². The first kappa shape index (κ1) is 57.3. The number of aromatic hydroxyl groups is 2. The van der Waals surface area contributed by atoms with E-state index in [0.717, 1.165) is 12.2 Å². The first-order valence-corrected chi connectivity index (χ1v) is 8.40. The molecule has 0 unspecified atom stereocenters. The summed E-state index contributed by atoms with van der Waals surface area (Å²) in [7, 11) is 0. The number of anilines is 1. The number of hydrazine groups is 1. The molecule has 1 saturated heterocycles. The Morgan fingerprint density at radius 1 is 0.914 bits per heavy atom. The van der Waals surface area contributed by atoms with E-state index in [4.69, 9.17) is 38.5 Å². The number of phenols is 2. The number of hydrogen-bond acceptors (Lipinski definition) is 9. The summed E-state index contributed by atoms with van der Waals surface area (Å²) in [6.45, 7) is 0.767. The van der Waals surface area contributed by atoms with Crippen LogP contribution in [-0.2, 0) is 16.2 Å². The van der Waals surface area contributed by atoms with Crippen LogP contribution in [0.15, 0.2) is 54.6 Å². The summed E-state index contributed by atoms with van der Waals surface area (Å²) < 4.78 is 25.3. The van der Waals surface area contributed by atoms with E-state index in [1.54, 1.807) is 0 Å². The standard InChI is InChI=1S/C9H10N2O.C6H6O2.CH2O3.BrH.2K.2Na.H2O3S.2H2O/c12-9-6-7-11(10-9)8-4-2-1-3-5-8;7-5-1-2-6(8)4-3-5;2-1(3)4;;;;;;1-4(2)3;;/h1-5H,6-7H2,(H,10,12);1-4,7-8H;(H2,2,3,4);1H;;;;;(H2,1,2,3);2*1H2/q;;;;4*+1;;;/p-4. The zero-order valence-corrected chi connectivity index (χ0v) is 32.3. The molecule has 1 heterocycles. The predicted octanol–water partition coefficient (Wildman–Crippen LogP) is -14.7. The van der Waals surface area contributed by atoms with Gasteiger partial charge in [-0.3, -0.25) is 19.4 Å². The second-order valence-corrected chi connectivity index (χ2v) is 5.18. The summed E-state index contributed by atoms with van der Waals surface area (Å²) >= 11 is -3.11. The monoisotopic (exact) mass is 652 g/mol. The van der Waals surface area contributed by atoms with Gasteiger partial charge in [-0.05, 0) is 36.4 Å². The van der Waals surface area contributed by atoms with Crippen LogP contribution >= 0.6 is 0 Å². The molecule has 35 heavy (non-hydrogen) atoms. The number of carboxylic acid groups (broad SMARTS) is 2. The summed E-state index contributed by atoms with van der Waals surface area (Å²) in [5.74, 6) is 0.435. The van der Waals surface area contributed by atoms with Crippen molar-refractivity contribution in [2.75, 3.05) is 11.6 Å². The Bertz CT molecular complexity index is 732. The number of amides is 1. The fourth-order valence-corrected chi connectivity index (χ4v) is 1.73. The maximum Gasteiger partial charge on any atom is 1.00 e. The van der Waals surface area contributed by atoms with Crippen molar-refractivity contribution in [2.24, 2.45) is 0 Å². The molecule has 0 aromatic heterocycles. The van der Waals surface area contributed by atoms with E-state index >= 15 is 0 Å². The van der Waals surface area contributed by atoms with E-state index in [9.17, 15) is 4.79 Å². The third kappa shape index (κ3) is 38.5. The van der Waals surface area contributed by atoms with Crippen LogP contribution in [0.1, 0.15) is 6.42 Å².